The number of nitroso groups, excluding NO2 is 1. The first-order chi connectivity index (χ1) is 7.17. The molecule has 15 heavy (non-hydrogen) atoms. The van der Waals surface area contributed by atoms with Crippen molar-refractivity contribution in [1.82, 2.24) is 0 Å². The molecule has 0 spiro atoms. The van der Waals surface area contributed by atoms with Crippen LogP contribution in [0, 0.1) is 15.7 Å². The van der Waals surface area contributed by atoms with Crippen LogP contribution in [0.15, 0.2) is 29.4 Å². The lowest BCUT2D eigenvalue weighted by atomic mass is 10.3. The summed E-state index contributed by atoms with van der Waals surface area (Å²) in [6, 6.07) is 6.12. The number of hydrogen-bond donors (Lipinski definition) is 3. The third-order valence-corrected chi connectivity index (χ3v) is 0.980. The number of nitrogens with one attached hydrogen (secondary N) is 2. The monoisotopic (exact) mass is 209 g/mol. The van der Waals surface area contributed by atoms with Crippen molar-refractivity contribution >= 4 is 17.8 Å². The summed E-state index contributed by atoms with van der Waals surface area (Å²) >= 11 is 0. The molecule has 0 amide bonds. The Morgan fingerprint density at radius 3 is 1.80 bits per heavy atom. The molecule has 1 aromatic rings. The molecular weight excluding hydrogens is 202 g/mol. The van der Waals surface area contributed by atoms with E-state index in [9.17, 15) is 4.91 Å². The van der Waals surface area contributed by atoms with Gasteiger partial charge in [-0.1, -0.05) is 12.1 Å². The standard InChI is InChI=1S/C6H5NO2.2CHNO/c8-6-4-2-1-3-5(6)7-9;2*2-1-3/h1-4,8H;2*2H. The molecule has 0 unspecified atom stereocenters. The van der Waals surface area contributed by atoms with Gasteiger partial charge in [0.1, 0.15) is 11.4 Å². The first-order valence-electron chi connectivity index (χ1n) is 3.37. The molecule has 0 aliphatic carbocycles. The van der Waals surface area contributed by atoms with Gasteiger partial charge in [-0.05, 0) is 17.3 Å². The van der Waals surface area contributed by atoms with Gasteiger partial charge in [0, 0.05) is 0 Å². The molecule has 0 saturated carbocycles. The van der Waals surface area contributed by atoms with E-state index in [4.69, 9.17) is 25.5 Å². The molecule has 3 N–H and O–H groups in total. The molecule has 0 atom stereocenters. The Kier molecular flexibility index (Phi) is 11.3. The highest BCUT2D eigenvalue weighted by Gasteiger charge is 1.94. The summed E-state index contributed by atoms with van der Waals surface area (Å²) in [6.45, 7) is 0. The first-order valence-corrected chi connectivity index (χ1v) is 3.37. The summed E-state index contributed by atoms with van der Waals surface area (Å²) in [5.74, 6) is -0.0764. The van der Waals surface area contributed by atoms with Gasteiger partial charge in [0.2, 0.25) is 12.2 Å². The van der Waals surface area contributed by atoms with Crippen molar-refractivity contribution in [3.63, 3.8) is 0 Å². The van der Waals surface area contributed by atoms with Crippen molar-refractivity contribution in [3.05, 3.63) is 29.2 Å². The molecule has 0 fully saturated rings. The highest BCUT2D eigenvalue weighted by Crippen LogP contribution is 2.23. The van der Waals surface area contributed by atoms with Crippen LogP contribution in [0.1, 0.15) is 0 Å². The van der Waals surface area contributed by atoms with E-state index in [2.05, 4.69) is 5.18 Å². The largest absolute Gasteiger partial charge is 0.506 e. The van der Waals surface area contributed by atoms with Crippen molar-refractivity contribution in [2.24, 2.45) is 5.18 Å². The second-order valence-corrected chi connectivity index (χ2v) is 1.78. The lowest BCUT2D eigenvalue weighted by molar-refractivity contribution is 0.477. The summed E-state index contributed by atoms with van der Waals surface area (Å²) in [7, 11) is 0. The predicted molar refractivity (Wildman–Crippen MR) is 50.4 cm³/mol. The van der Waals surface area contributed by atoms with Crippen molar-refractivity contribution in [1.29, 1.82) is 10.8 Å². The van der Waals surface area contributed by atoms with Crippen molar-refractivity contribution in [3.8, 4) is 5.75 Å². The van der Waals surface area contributed by atoms with Crippen LogP contribution in [0.3, 0.4) is 0 Å². The minimum atomic E-state index is -0.0764. The maximum atomic E-state index is 9.82. The number of phenols is 1. The average molecular weight is 209 g/mol. The van der Waals surface area contributed by atoms with Crippen molar-refractivity contribution in [2.75, 3.05) is 0 Å². The molecule has 1 aromatic carbocycles. The number of phenolic OH excluding ortho intramolecular Hbond substituents is 1. The van der Waals surface area contributed by atoms with Gasteiger partial charge in [-0.25, -0.2) is 20.4 Å². The molecular formula is C8H7N3O4. The van der Waals surface area contributed by atoms with Crippen molar-refractivity contribution in [2.45, 2.75) is 0 Å². The van der Waals surface area contributed by atoms with Gasteiger partial charge in [-0.3, -0.25) is 0 Å². The minimum Gasteiger partial charge on any atom is -0.506 e. The van der Waals surface area contributed by atoms with E-state index in [1.165, 1.54) is 12.1 Å². The number of rotatable bonds is 1. The number of benzene rings is 1. The Bertz CT molecular complexity index is 354. The molecule has 0 radical (unpaired) electrons. The highest BCUT2D eigenvalue weighted by atomic mass is 16.3. The lowest BCUT2D eigenvalue weighted by Gasteiger charge is -1.89. The van der Waals surface area contributed by atoms with Crippen LogP contribution in [-0.2, 0) is 9.59 Å². The second kappa shape index (κ2) is 11.4. The fraction of sp³-hybridized carbons (Fsp3) is 0. The Balaban J connectivity index is 0. The number of aromatic hydroxyl groups is 1. The van der Waals surface area contributed by atoms with Crippen LogP contribution in [0.5, 0.6) is 5.75 Å². The molecule has 7 heteroatoms. The molecule has 0 aromatic heterocycles. The van der Waals surface area contributed by atoms with Gasteiger partial charge in [-0.2, -0.15) is 0 Å². The Hall–Kier alpha value is -2.62. The average Bonchev–Trinajstić information content (AvgIpc) is 2.21. The summed E-state index contributed by atoms with van der Waals surface area (Å²) in [5.41, 5.74) is 0.0810. The van der Waals surface area contributed by atoms with Gasteiger partial charge >= 0.3 is 0 Å². The molecule has 0 saturated heterocycles. The predicted octanol–water partition coefficient (Wildman–Crippen LogP) is 1.59. The molecule has 7 nitrogen and oxygen atoms in total. The number of isocyanates is 2. The number of para-hydroxylation sites is 1. The van der Waals surface area contributed by atoms with Crippen LogP contribution < -0.4 is 0 Å². The van der Waals surface area contributed by atoms with Crippen molar-refractivity contribution < 1.29 is 14.7 Å². The number of carbonyl (C=O) groups excluding carboxylic acids is 2. The van der Waals surface area contributed by atoms with E-state index in [1.807, 2.05) is 0 Å². The third-order valence-electron chi connectivity index (χ3n) is 0.980. The SMILES string of the molecule is N=C=O.N=C=O.O=Nc1ccccc1O. The molecule has 0 bridgehead atoms. The van der Waals surface area contributed by atoms with E-state index in [0.29, 0.717) is 0 Å². The molecule has 0 heterocycles. The van der Waals surface area contributed by atoms with Gasteiger partial charge in [0.15, 0.2) is 0 Å². The number of hydrogen-bond acceptors (Lipinski definition) is 7. The van der Waals surface area contributed by atoms with Crippen LogP contribution >= 0.6 is 0 Å². The second-order valence-electron chi connectivity index (χ2n) is 1.78. The van der Waals surface area contributed by atoms with Crippen LogP contribution in [0.4, 0.5) is 5.69 Å². The number of nitrogens with zero attached hydrogens (tertiary/aromatic N) is 1. The Morgan fingerprint density at radius 2 is 1.53 bits per heavy atom. The van der Waals surface area contributed by atoms with Crippen LogP contribution in [0.2, 0.25) is 0 Å². The quantitative estimate of drug-likeness (QED) is 0.368. The maximum Gasteiger partial charge on any atom is 0.231 e. The molecule has 0 aliphatic rings. The van der Waals surface area contributed by atoms with Gasteiger partial charge in [0.25, 0.3) is 0 Å². The third kappa shape index (κ3) is 9.29. The summed E-state index contributed by atoms with van der Waals surface area (Å²) in [6.07, 6.45) is 1.50. The van der Waals surface area contributed by atoms with Gasteiger partial charge < -0.3 is 5.11 Å². The summed E-state index contributed by atoms with van der Waals surface area (Å²) < 4.78 is 0. The van der Waals surface area contributed by atoms with Crippen LogP contribution in [0.25, 0.3) is 0 Å². The summed E-state index contributed by atoms with van der Waals surface area (Å²) in [5, 5.41) is 22.2. The van der Waals surface area contributed by atoms with E-state index in [1.54, 1.807) is 12.1 Å². The van der Waals surface area contributed by atoms with E-state index in [-0.39, 0.29) is 11.4 Å². The van der Waals surface area contributed by atoms with Crippen LogP contribution in [-0.4, -0.2) is 17.3 Å². The first kappa shape index (κ1) is 14.9. The minimum absolute atomic E-state index is 0.0764. The Labute approximate surface area is 84.4 Å². The zero-order valence-corrected chi connectivity index (χ0v) is 7.43. The molecule has 78 valence electrons. The van der Waals surface area contributed by atoms with Gasteiger partial charge in [0.05, 0.1) is 0 Å². The topological polar surface area (TPSA) is 132 Å². The molecule has 0 aliphatic heterocycles. The zero-order valence-electron chi connectivity index (χ0n) is 7.43. The zero-order chi connectivity index (χ0) is 12.1. The lowest BCUT2D eigenvalue weighted by Crippen LogP contribution is -1.63. The fourth-order valence-electron chi connectivity index (χ4n) is 0.541. The molecule has 1 rings (SSSR count). The van der Waals surface area contributed by atoms with E-state index >= 15 is 0 Å². The fourth-order valence-corrected chi connectivity index (χ4v) is 0.541. The Morgan fingerprint density at radius 1 is 1.13 bits per heavy atom. The summed E-state index contributed by atoms with van der Waals surface area (Å²) in [4.78, 5) is 26.5. The normalized spacial score (nSPS) is 6.40. The van der Waals surface area contributed by atoms with E-state index < -0.39 is 0 Å². The smallest absolute Gasteiger partial charge is 0.231 e. The maximum absolute atomic E-state index is 9.82. The van der Waals surface area contributed by atoms with E-state index in [0.717, 1.165) is 12.2 Å². The van der Waals surface area contributed by atoms with Gasteiger partial charge in [-0.15, -0.1) is 4.91 Å². The highest BCUT2D eigenvalue weighted by molar-refractivity contribution is 5.49.